The number of rotatable bonds is 4. The Kier molecular flexibility index (Phi) is 4.98. The van der Waals surface area contributed by atoms with Crippen molar-refractivity contribution in [2.24, 2.45) is 0 Å². The zero-order valence-electron chi connectivity index (χ0n) is 4.93. The number of hydrogen-bond donors (Lipinski definition) is 0. The molecular weight excluding hydrogens is 220 g/mol. The minimum Gasteiger partial charge on any atom is -0.195 e. The third-order valence-corrected chi connectivity index (χ3v) is 2.89. The Morgan fingerprint density at radius 3 is 1.90 bits per heavy atom. The Bertz CT molecular complexity index is 180. The Hall–Kier alpha value is 0.780. The van der Waals surface area contributed by atoms with E-state index in [1.807, 2.05) is 0 Å². The van der Waals surface area contributed by atoms with Crippen LogP contribution in [0.1, 0.15) is 0 Å². The van der Waals surface area contributed by atoms with Gasteiger partial charge in [-0.25, -0.2) is 0 Å². The summed E-state index contributed by atoms with van der Waals surface area (Å²) in [5, 5.41) is 0. The fourth-order valence-electron chi connectivity index (χ4n) is 0.321. The van der Waals surface area contributed by atoms with Gasteiger partial charge in [-0.15, -0.1) is 23.2 Å². The largest absolute Gasteiger partial charge is 0.300 e. The second-order valence-electron chi connectivity index (χ2n) is 1.43. The highest BCUT2D eigenvalue weighted by atomic mass is 35.7. The molecule has 0 saturated heterocycles. The van der Waals surface area contributed by atoms with E-state index < -0.39 is 9.24 Å². The van der Waals surface area contributed by atoms with Crippen molar-refractivity contribution in [3.63, 3.8) is 0 Å². The van der Waals surface area contributed by atoms with Crippen molar-refractivity contribution in [2.45, 2.75) is 0 Å². The average Bonchev–Trinajstić information content (AvgIpc) is 1.80. The summed E-state index contributed by atoms with van der Waals surface area (Å²) >= 11 is 10.5. The van der Waals surface area contributed by atoms with Crippen molar-refractivity contribution in [1.29, 1.82) is 0 Å². The lowest BCUT2D eigenvalue weighted by Crippen LogP contribution is -2.27. The summed E-state index contributed by atoms with van der Waals surface area (Å²) in [7, 11) is 1.25. The topological polar surface area (TPSA) is 37.4 Å². The summed E-state index contributed by atoms with van der Waals surface area (Å²) in [6.07, 6.45) is 0. The number of hydrogen-bond acceptors (Lipinski definition) is 2. The lowest BCUT2D eigenvalue weighted by molar-refractivity contribution is 0.489. The minimum atomic E-state index is -3.69. The molecule has 0 atom stereocenters. The summed E-state index contributed by atoms with van der Waals surface area (Å²) < 4.78 is 21.9. The zero-order chi connectivity index (χ0) is 8.20. The van der Waals surface area contributed by atoms with E-state index in [0.29, 0.717) is 0 Å². The van der Waals surface area contributed by atoms with Crippen LogP contribution in [0, 0.1) is 0 Å². The minimum absolute atomic E-state index is 0.136. The van der Waals surface area contributed by atoms with Crippen molar-refractivity contribution in [3.8, 4) is 0 Å². The zero-order valence-corrected chi connectivity index (χ0v) is 8.01. The van der Waals surface area contributed by atoms with Crippen LogP contribution < -0.4 is 0 Å². The van der Waals surface area contributed by atoms with Gasteiger partial charge in [0.15, 0.2) is 0 Å². The van der Waals surface area contributed by atoms with Gasteiger partial charge in [-0.2, -0.15) is 12.7 Å². The van der Waals surface area contributed by atoms with Gasteiger partial charge in [-0.3, -0.25) is 0 Å². The molecular formula is C3H6Cl3NO2S. The van der Waals surface area contributed by atoms with Gasteiger partial charge in [0.1, 0.15) is 0 Å². The maximum Gasteiger partial charge on any atom is 0.300 e. The highest BCUT2D eigenvalue weighted by Gasteiger charge is 2.16. The van der Waals surface area contributed by atoms with E-state index in [1.165, 1.54) is 0 Å². The maximum absolute atomic E-state index is 10.5. The normalized spacial score (nSPS) is 12.4. The van der Waals surface area contributed by atoms with Crippen molar-refractivity contribution in [1.82, 2.24) is 4.31 Å². The quantitative estimate of drug-likeness (QED) is 0.410. The smallest absolute Gasteiger partial charge is 0.195 e. The van der Waals surface area contributed by atoms with E-state index in [0.717, 1.165) is 4.31 Å². The van der Waals surface area contributed by atoms with Crippen LogP contribution in [0.5, 0.6) is 0 Å². The second-order valence-corrected chi connectivity index (χ2v) is 4.55. The number of nitrogens with zero attached hydrogens (tertiary/aromatic N) is 1. The number of alkyl halides is 2. The number of halogens is 3. The van der Waals surface area contributed by atoms with Gasteiger partial charge in [-0.05, 0) is 0 Å². The van der Waals surface area contributed by atoms with Crippen molar-refractivity contribution in [2.75, 3.05) is 18.4 Å². The third-order valence-electron chi connectivity index (χ3n) is 0.776. The SMILES string of the molecule is O=S(=O)(Cl)N(CCl)CCCl. The fraction of sp³-hybridized carbons (Fsp3) is 1.00. The Morgan fingerprint density at radius 2 is 1.80 bits per heavy atom. The molecule has 0 aromatic carbocycles. The molecule has 0 aromatic rings. The van der Waals surface area contributed by atoms with Crippen LogP contribution in [0.15, 0.2) is 0 Å². The first kappa shape index (κ1) is 10.8. The standard InChI is InChI=1S/C3H6Cl3NO2S/c4-1-2-7(3-5)10(6,8)9/h1-3H2. The van der Waals surface area contributed by atoms with Crippen LogP contribution in [0.3, 0.4) is 0 Å². The van der Waals surface area contributed by atoms with Crippen molar-refractivity contribution >= 4 is 43.1 Å². The molecule has 0 aromatic heterocycles. The van der Waals surface area contributed by atoms with E-state index in [9.17, 15) is 8.42 Å². The highest BCUT2D eigenvalue weighted by molar-refractivity contribution is 8.11. The molecule has 0 aliphatic rings. The third kappa shape index (κ3) is 3.83. The van der Waals surface area contributed by atoms with Crippen LogP contribution in [-0.4, -0.2) is 31.2 Å². The summed E-state index contributed by atoms with van der Waals surface area (Å²) in [5.41, 5.74) is 0. The molecule has 3 nitrogen and oxygen atoms in total. The summed E-state index contributed by atoms with van der Waals surface area (Å²) in [5.74, 6) is 0.179. The molecule has 0 heterocycles. The second kappa shape index (κ2) is 4.62. The molecule has 0 rings (SSSR count). The molecule has 0 bridgehead atoms. The van der Waals surface area contributed by atoms with Gasteiger partial charge in [0, 0.05) is 23.1 Å². The molecule has 62 valence electrons. The molecule has 10 heavy (non-hydrogen) atoms. The van der Waals surface area contributed by atoms with Gasteiger partial charge in [0.05, 0.1) is 6.00 Å². The monoisotopic (exact) mass is 225 g/mol. The van der Waals surface area contributed by atoms with Crippen LogP contribution in [-0.2, 0) is 9.24 Å². The molecule has 0 aliphatic heterocycles. The first-order valence-corrected chi connectivity index (χ1v) is 5.67. The van der Waals surface area contributed by atoms with E-state index in [-0.39, 0.29) is 18.4 Å². The van der Waals surface area contributed by atoms with Crippen LogP contribution in [0.25, 0.3) is 0 Å². The maximum atomic E-state index is 10.5. The van der Waals surface area contributed by atoms with Crippen molar-refractivity contribution < 1.29 is 8.42 Å². The molecule has 0 amide bonds. The molecule has 0 spiro atoms. The summed E-state index contributed by atoms with van der Waals surface area (Å²) in [6, 6.07) is -0.168. The van der Waals surface area contributed by atoms with E-state index in [2.05, 4.69) is 0 Å². The Labute approximate surface area is 74.4 Å². The molecule has 0 aliphatic carbocycles. The van der Waals surface area contributed by atoms with E-state index >= 15 is 0 Å². The van der Waals surface area contributed by atoms with Crippen LogP contribution in [0.2, 0.25) is 0 Å². The predicted octanol–water partition coefficient (Wildman–Crippen LogP) is 1.21. The van der Waals surface area contributed by atoms with Gasteiger partial charge >= 0.3 is 9.24 Å². The molecule has 0 fully saturated rings. The fourth-order valence-corrected chi connectivity index (χ4v) is 2.06. The van der Waals surface area contributed by atoms with Gasteiger partial charge in [0.25, 0.3) is 0 Å². The highest BCUT2D eigenvalue weighted by Crippen LogP contribution is 2.06. The Balaban J connectivity index is 4.08. The lowest BCUT2D eigenvalue weighted by atomic mass is 10.8. The molecule has 0 unspecified atom stereocenters. The van der Waals surface area contributed by atoms with Crippen molar-refractivity contribution in [3.05, 3.63) is 0 Å². The predicted molar refractivity (Wildman–Crippen MR) is 42.9 cm³/mol. The van der Waals surface area contributed by atoms with Crippen LogP contribution in [0.4, 0.5) is 0 Å². The lowest BCUT2D eigenvalue weighted by Gasteiger charge is -2.11. The van der Waals surface area contributed by atoms with Gasteiger partial charge in [-0.1, -0.05) is 0 Å². The molecule has 7 heteroatoms. The van der Waals surface area contributed by atoms with Gasteiger partial charge < -0.3 is 0 Å². The van der Waals surface area contributed by atoms with E-state index in [4.69, 9.17) is 33.9 Å². The first-order chi connectivity index (χ1) is 4.52. The molecule has 0 N–H and O–H groups in total. The molecule has 0 saturated carbocycles. The van der Waals surface area contributed by atoms with E-state index in [1.54, 1.807) is 0 Å². The molecule has 0 radical (unpaired) electrons. The van der Waals surface area contributed by atoms with Gasteiger partial charge in [0.2, 0.25) is 0 Å². The summed E-state index contributed by atoms with van der Waals surface area (Å²) in [4.78, 5) is 0. The van der Waals surface area contributed by atoms with Crippen LogP contribution >= 0.6 is 33.9 Å². The first-order valence-electron chi connectivity index (χ1n) is 2.34. The average molecular weight is 227 g/mol. The summed E-state index contributed by atoms with van der Waals surface area (Å²) in [6.45, 7) is 0.136. The Morgan fingerprint density at radius 1 is 1.30 bits per heavy atom.